The van der Waals surface area contributed by atoms with Crippen LogP contribution in [0, 0.1) is 11.2 Å². The van der Waals surface area contributed by atoms with Gasteiger partial charge in [-0.1, -0.05) is 12.1 Å². The molecule has 23 heavy (non-hydrogen) atoms. The maximum absolute atomic E-state index is 13.9. The third kappa shape index (κ3) is 3.57. The number of benzene rings is 1. The second kappa shape index (κ2) is 6.89. The van der Waals surface area contributed by atoms with Crippen LogP contribution in [-0.4, -0.2) is 29.9 Å². The minimum atomic E-state index is -1.01. The molecule has 0 unspecified atom stereocenters. The largest absolute Gasteiger partial charge is 0.481 e. The number of carboxylic acids is 1. The Morgan fingerprint density at radius 2 is 2.13 bits per heavy atom. The molecule has 1 aromatic rings. The van der Waals surface area contributed by atoms with E-state index in [0.29, 0.717) is 18.4 Å². The van der Waals surface area contributed by atoms with Gasteiger partial charge in [-0.3, -0.25) is 14.4 Å². The van der Waals surface area contributed by atoms with Crippen molar-refractivity contribution in [2.45, 2.75) is 38.5 Å². The van der Waals surface area contributed by atoms with Crippen LogP contribution >= 0.6 is 0 Å². The highest BCUT2D eigenvalue weighted by molar-refractivity contribution is 6.04. The van der Waals surface area contributed by atoms with Crippen LogP contribution in [0.25, 0.3) is 0 Å². The zero-order chi connectivity index (χ0) is 17.0. The van der Waals surface area contributed by atoms with E-state index in [2.05, 4.69) is 4.74 Å². The zero-order valence-corrected chi connectivity index (χ0v) is 12.9. The van der Waals surface area contributed by atoms with Crippen molar-refractivity contribution in [1.82, 2.24) is 0 Å². The average Bonchev–Trinajstić information content (AvgIpc) is 2.51. The highest BCUT2D eigenvalue weighted by atomic mass is 19.1. The third-order valence-electron chi connectivity index (χ3n) is 4.46. The van der Waals surface area contributed by atoms with Gasteiger partial charge in [-0.2, -0.15) is 0 Å². The lowest BCUT2D eigenvalue weighted by Crippen LogP contribution is -2.39. The van der Waals surface area contributed by atoms with Crippen molar-refractivity contribution in [2.75, 3.05) is 7.11 Å². The van der Waals surface area contributed by atoms with Gasteiger partial charge in [0.25, 0.3) is 0 Å². The molecule has 0 amide bonds. The summed E-state index contributed by atoms with van der Waals surface area (Å²) in [5.41, 5.74) is -0.352. The molecule has 0 aromatic heterocycles. The van der Waals surface area contributed by atoms with Crippen LogP contribution in [0.1, 0.15) is 48.0 Å². The van der Waals surface area contributed by atoms with Crippen molar-refractivity contribution in [2.24, 2.45) is 5.41 Å². The summed E-state index contributed by atoms with van der Waals surface area (Å²) in [5.74, 6) is -2.19. The van der Waals surface area contributed by atoms with Gasteiger partial charge < -0.3 is 9.84 Å². The maximum atomic E-state index is 13.9. The van der Waals surface area contributed by atoms with Gasteiger partial charge in [0, 0.05) is 17.4 Å². The molecule has 0 bridgehead atoms. The number of ether oxygens (including phenoxy) is 1. The van der Waals surface area contributed by atoms with Crippen molar-refractivity contribution < 1.29 is 28.6 Å². The predicted octanol–water partition coefficient (Wildman–Crippen LogP) is 2.76. The highest BCUT2D eigenvalue weighted by Gasteiger charge is 2.44. The van der Waals surface area contributed by atoms with Gasteiger partial charge in [0.2, 0.25) is 0 Å². The van der Waals surface area contributed by atoms with Crippen molar-refractivity contribution in [1.29, 1.82) is 0 Å². The number of ketones is 1. The first-order chi connectivity index (χ1) is 10.9. The van der Waals surface area contributed by atoms with E-state index in [1.165, 1.54) is 19.2 Å². The van der Waals surface area contributed by atoms with Crippen LogP contribution in [0.4, 0.5) is 4.39 Å². The smallest absolute Gasteiger partial charge is 0.306 e. The van der Waals surface area contributed by atoms with Crippen LogP contribution < -0.4 is 0 Å². The number of esters is 1. The molecule has 1 atom stereocenters. The van der Waals surface area contributed by atoms with Gasteiger partial charge in [-0.15, -0.1) is 0 Å². The summed E-state index contributed by atoms with van der Waals surface area (Å²) in [4.78, 5) is 35.4. The summed E-state index contributed by atoms with van der Waals surface area (Å²) in [6.45, 7) is 0. The third-order valence-corrected chi connectivity index (χ3v) is 4.46. The van der Waals surface area contributed by atoms with E-state index in [1.807, 2.05) is 0 Å². The van der Waals surface area contributed by atoms with E-state index in [9.17, 15) is 18.8 Å². The lowest BCUT2D eigenvalue weighted by molar-refractivity contribution is -0.143. The topological polar surface area (TPSA) is 80.7 Å². The summed E-state index contributed by atoms with van der Waals surface area (Å²) < 4.78 is 18.5. The molecule has 1 aromatic carbocycles. The Morgan fingerprint density at radius 1 is 1.39 bits per heavy atom. The number of aliphatic carboxylic acids is 1. The number of hydrogen-bond acceptors (Lipinski definition) is 4. The Morgan fingerprint density at radius 3 is 2.78 bits per heavy atom. The number of Topliss-reactive ketones (excluding diaryl/α,β-unsaturated/α-hetero) is 1. The fourth-order valence-electron chi connectivity index (χ4n) is 3.21. The summed E-state index contributed by atoms with van der Waals surface area (Å²) in [6, 6.07) is 4.34. The van der Waals surface area contributed by atoms with Crippen LogP contribution in [0.2, 0.25) is 0 Å². The molecule has 0 saturated carbocycles. The minimum Gasteiger partial charge on any atom is -0.481 e. The normalized spacial score (nSPS) is 20.0. The van der Waals surface area contributed by atoms with Crippen molar-refractivity contribution in [3.8, 4) is 0 Å². The quantitative estimate of drug-likeness (QED) is 0.815. The van der Waals surface area contributed by atoms with Gasteiger partial charge >= 0.3 is 11.9 Å². The van der Waals surface area contributed by atoms with Gasteiger partial charge in [-0.25, -0.2) is 4.39 Å². The number of rotatable bonds is 6. The number of halogens is 1. The molecular formula is C17H19FO5. The molecule has 2 rings (SSSR count). The molecule has 5 nitrogen and oxygen atoms in total. The number of methoxy groups -OCH3 is 1. The van der Waals surface area contributed by atoms with Gasteiger partial charge in [-0.05, 0) is 37.3 Å². The number of carbonyl (C=O) groups excluding carboxylic acids is 2. The van der Waals surface area contributed by atoms with Crippen molar-refractivity contribution in [3.63, 3.8) is 0 Å². The Balaban J connectivity index is 2.32. The van der Waals surface area contributed by atoms with E-state index in [-0.39, 0.29) is 37.0 Å². The standard InChI is InChI=1S/C17H19FO5/c1-23-15(21)10-17(8-3-6-14(19)20)9-7-11-12(16(17)22)4-2-5-13(11)18/h2,4-5H,3,6-10H2,1H3,(H,19,20)/t17-/m1/s1. The number of carbonyl (C=O) groups is 3. The van der Waals surface area contributed by atoms with E-state index in [4.69, 9.17) is 5.11 Å². The second-order valence-electron chi connectivity index (χ2n) is 5.88. The highest BCUT2D eigenvalue weighted by Crippen LogP contribution is 2.43. The summed E-state index contributed by atoms with van der Waals surface area (Å²) in [7, 11) is 1.24. The molecular weight excluding hydrogens is 303 g/mol. The Bertz CT molecular complexity index is 640. The first kappa shape index (κ1) is 17.1. The van der Waals surface area contributed by atoms with Gasteiger partial charge in [0.05, 0.1) is 13.5 Å². The molecule has 0 heterocycles. The fourth-order valence-corrected chi connectivity index (χ4v) is 3.21. The molecule has 1 aliphatic rings. The fraction of sp³-hybridized carbons (Fsp3) is 0.471. The van der Waals surface area contributed by atoms with E-state index < -0.39 is 23.2 Å². The molecule has 0 radical (unpaired) electrons. The summed E-state index contributed by atoms with van der Waals surface area (Å²) >= 11 is 0. The first-order valence-corrected chi connectivity index (χ1v) is 7.50. The predicted molar refractivity (Wildman–Crippen MR) is 79.6 cm³/mol. The van der Waals surface area contributed by atoms with Crippen molar-refractivity contribution >= 4 is 17.7 Å². The van der Waals surface area contributed by atoms with Crippen molar-refractivity contribution in [3.05, 3.63) is 35.1 Å². The molecule has 0 spiro atoms. The second-order valence-corrected chi connectivity index (χ2v) is 5.88. The number of carboxylic acid groups (broad SMARTS) is 1. The molecule has 0 saturated heterocycles. The van der Waals surface area contributed by atoms with E-state index >= 15 is 0 Å². The SMILES string of the molecule is COC(=O)C[C@@]1(CCCC(=O)O)CCc2c(F)cccc2C1=O. The number of fused-ring (bicyclic) bond motifs is 1. The van der Waals surface area contributed by atoms with Crippen LogP contribution in [0.15, 0.2) is 18.2 Å². The minimum absolute atomic E-state index is 0.0772. The Hall–Kier alpha value is -2.24. The van der Waals surface area contributed by atoms with E-state index in [1.54, 1.807) is 6.07 Å². The Kier molecular flexibility index (Phi) is 5.13. The Labute approximate surface area is 133 Å². The molecule has 6 heteroatoms. The van der Waals surface area contributed by atoms with Crippen LogP contribution in [0.3, 0.4) is 0 Å². The molecule has 1 aliphatic carbocycles. The van der Waals surface area contributed by atoms with Crippen LogP contribution in [0.5, 0.6) is 0 Å². The lowest BCUT2D eigenvalue weighted by Gasteiger charge is -2.36. The molecule has 1 N–H and O–H groups in total. The summed E-state index contributed by atoms with van der Waals surface area (Å²) in [6.07, 6.45) is 1.02. The van der Waals surface area contributed by atoms with Gasteiger partial charge in [0.15, 0.2) is 5.78 Å². The monoisotopic (exact) mass is 322 g/mol. The van der Waals surface area contributed by atoms with E-state index in [0.717, 1.165) is 0 Å². The maximum Gasteiger partial charge on any atom is 0.306 e. The summed E-state index contributed by atoms with van der Waals surface area (Å²) in [5, 5.41) is 8.79. The molecule has 0 aliphatic heterocycles. The number of hydrogen-bond donors (Lipinski definition) is 1. The molecule has 0 fully saturated rings. The lowest BCUT2D eigenvalue weighted by atomic mass is 9.66. The first-order valence-electron chi connectivity index (χ1n) is 7.50. The average molecular weight is 322 g/mol. The zero-order valence-electron chi connectivity index (χ0n) is 12.9. The van der Waals surface area contributed by atoms with Crippen LogP contribution in [-0.2, 0) is 20.7 Å². The molecule has 124 valence electrons. The van der Waals surface area contributed by atoms with Gasteiger partial charge in [0.1, 0.15) is 5.82 Å².